The Bertz CT molecular complexity index is 4860. The van der Waals surface area contributed by atoms with Gasteiger partial charge in [-0.15, -0.1) is 0 Å². The lowest BCUT2D eigenvalue weighted by molar-refractivity contribution is 0.100. The van der Waals surface area contributed by atoms with E-state index < -0.39 is 23.4 Å². The molecule has 14 rings (SSSR count). The van der Waals surface area contributed by atoms with Gasteiger partial charge in [-0.1, -0.05) is 190 Å². The summed E-state index contributed by atoms with van der Waals surface area (Å²) in [6.45, 7) is 11.8. The van der Waals surface area contributed by atoms with Gasteiger partial charge in [0.2, 0.25) is 0 Å². The summed E-state index contributed by atoms with van der Waals surface area (Å²) in [6.07, 6.45) is 1.48. The molecule has 4 aromatic carbocycles. The molecule has 6 aromatic heterocycles. The molecule has 0 unspecified atom stereocenters. The lowest BCUT2D eigenvalue weighted by Crippen LogP contribution is -2.36. The second-order valence-electron chi connectivity index (χ2n) is 21.0. The van der Waals surface area contributed by atoms with Crippen molar-refractivity contribution in [2.24, 2.45) is 5.73 Å². The number of carbonyl (C=O) groups excluding carboxylic acids is 1. The monoisotopic (exact) mass is 1770 g/mol. The van der Waals surface area contributed by atoms with Crippen molar-refractivity contribution in [3.8, 4) is 62.7 Å². The van der Waals surface area contributed by atoms with Gasteiger partial charge in [0, 0.05) is 99.6 Å². The van der Waals surface area contributed by atoms with Crippen molar-refractivity contribution in [1.82, 2.24) is 40.1 Å². The summed E-state index contributed by atoms with van der Waals surface area (Å²) in [6, 6.07) is 26.2. The van der Waals surface area contributed by atoms with Crippen LogP contribution in [-0.4, -0.2) is 186 Å². The molecule has 0 atom stereocenters. The molecule has 7 N–H and O–H groups in total. The SMILES string of the molecule is Clc1ccc(-c2nc(N3CCOCC3)sc2-c2ncn[nH]2)c(Cl)c1.N#Cc1sc(Cl)nc1Cl.N#Cc1sc(N2CCOCC2)nc1-c1ccc(Cl)cc1Cl.N#Cc1sc(N2CCOCC2)nc1Cl.NC(=O)c1sc(N2CCOCC2)nc1-c1ccc(Cl)cc1Cl.O=S(=O)(O)O.OB(O)c1ccc(Cl)cc1Cl. The van der Waals surface area contributed by atoms with Gasteiger partial charge in [-0.2, -0.15) is 29.3 Å². The number of nitrogens with two attached hydrogens (primary N) is 1. The Kier molecular flexibility index (Phi) is 33.9. The van der Waals surface area contributed by atoms with Gasteiger partial charge in [-0.25, -0.2) is 29.9 Å². The molecule has 1 amide bonds. The fourth-order valence-corrected chi connectivity index (χ4v) is 16.4. The number of H-pyrrole nitrogens is 1. The van der Waals surface area contributed by atoms with Gasteiger partial charge < -0.3 is 54.3 Å². The van der Waals surface area contributed by atoms with Crippen LogP contribution in [0.15, 0.2) is 79.1 Å². The first-order valence-electron chi connectivity index (χ1n) is 30.2. The highest BCUT2D eigenvalue weighted by atomic mass is 35.5. The molecule has 10 aromatic rings. The molecule has 0 saturated carbocycles. The molecule has 558 valence electrons. The predicted molar refractivity (Wildman–Crippen MR) is 423 cm³/mol. The Labute approximate surface area is 681 Å². The van der Waals surface area contributed by atoms with Gasteiger partial charge in [-0.3, -0.25) is 19.0 Å². The topological polar surface area (TPSA) is 385 Å². The van der Waals surface area contributed by atoms with Gasteiger partial charge >= 0.3 is 17.5 Å². The molecule has 0 radical (unpaired) electrons. The van der Waals surface area contributed by atoms with E-state index in [-0.39, 0.29) is 15.6 Å². The van der Waals surface area contributed by atoms with E-state index in [0.717, 1.165) is 106 Å². The summed E-state index contributed by atoms with van der Waals surface area (Å²) in [5, 5.41) is 58.4. The number of aromatic nitrogens is 8. The van der Waals surface area contributed by atoms with Crippen molar-refractivity contribution in [1.29, 1.82) is 15.8 Å². The van der Waals surface area contributed by atoms with Gasteiger partial charge in [0.1, 0.15) is 54.6 Å². The number of rotatable bonds is 10. The number of amides is 1. The van der Waals surface area contributed by atoms with Crippen LogP contribution in [-0.2, 0) is 29.3 Å². The molecule has 4 aliphatic rings. The van der Waals surface area contributed by atoms with Crippen molar-refractivity contribution < 1.29 is 51.3 Å². The number of ether oxygens (including phenoxy) is 4. The average Bonchev–Trinajstić information content (AvgIpc) is 1.65. The largest absolute Gasteiger partial charge is 0.489 e. The number of morpholine rings is 4. The summed E-state index contributed by atoms with van der Waals surface area (Å²) in [4.78, 5) is 49.0. The van der Waals surface area contributed by atoms with Crippen LogP contribution in [0.1, 0.15) is 24.3 Å². The highest BCUT2D eigenvalue weighted by Gasteiger charge is 2.27. The normalized spacial score (nSPS) is 14.0. The van der Waals surface area contributed by atoms with E-state index >= 15 is 0 Å². The summed E-state index contributed by atoms with van der Waals surface area (Å²) in [5.74, 6) is 0.158. The van der Waals surface area contributed by atoms with Crippen LogP contribution < -0.4 is 30.8 Å². The molecule has 0 aliphatic carbocycles. The number of anilines is 4. The van der Waals surface area contributed by atoms with Gasteiger partial charge in [0.25, 0.3) is 5.91 Å². The lowest BCUT2D eigenvalue weighted by atomic mass is 9.80. The number of halogens is 11. The molecule has 4 saturated heterocycles. The number of aromatic amines is 1. The zero-order valence-electron chi connectivity index (χ0n) is 54.0. The van der Waals surface area contributed by atoms with E-state index in [1.165, 1.54) is 52.5 Å². The smallest absolute Gasteiger partial charge is 0.423 e. The van der Waals surface area contributed by atoms with Crippen LogP contribution in [0.25, 0.3) is 44.5 Å². The number of hydrogen-bond donors (Lipinski definition) is 6. The van der Waals surface area contributed by atoms with Crippen molar-refractivity contribution in [3.05, 3.63) is 154 Å². The minimum Gasteiger partial charge on any atom is -0.423 e. The predicted octanol–water partition coefficient (Wildman–Crippen LogP) is 14.5. The summed E-state index contributed by atoms with van der Waals surface area (Å²) >= 11 is 71.2. The van der Waals surface area contributed by atoms with Gasteiger partial charge in [-0.05, 0) is 66.7 Å². The number of hydrogen-bond acceptors (Lipinski definition) is 28. The molecular formula is C61H52BCl11N16O11S6. The van der Waals surface area contributed by atoms with Crippen molar-refractivity contribution in [2.75, 3.05) is 125 Å². The molecule has 0 spiro atoms. The standard InChI is InChI=1S/C15H13Cl2N5OS.C14H13Cl2N3O2S.C14H11Cl2N3OS.C8H8ClN3OS.C6H5BCl2O2.C4Cl2N2S.H2O4S/c16-9-1-2-10(11(17)7-9)12-13(14-18-8-19-21-14)24-15(20-12)22-3-5-23-6-4-22;15-8-1-2-9(10(16)7-8)11-12(13(17)20)22-14(18-11)19-3-5-21-6-4-19;15-9-1-2-10(11(16)7-9)13-12(8-17)21-14(18-13)19-3-5-20-6-4-19;9-7-6(5-10)14-8(11-7)12-1-3-13-4-2-12;8-4-1-2-5(7(10)11)6(9)3-4;5-3-2(1-7)9-4(6)8-3;1-5(2,3)4/h1-2,7-8H,3-6H2,(H,18,19,21);1-2,7H,3-6H2,(H2,17,20);1-2,7H,3-6H2;1-4H2;1-3,10-11H;;(H2,1,2,3,4). The zero-order chi connectivity index (χ0) is 76.8. The maximum Gasteiger partial charge on any atom is 0.489 e. The van der Waals surface area contributed by atoms with E-state index in [1.54, 1.807) is 65.9 Å². The van der Waals surface area contributed by atoms with Crippen molar-refractivity contribution in [2.45, 2.75) is 0 Å². The first-order valence-corrected chi connectivity index (χ1v) is 39.8. The minimum atomic E-state index is -4.67. The quantitative estimate of drug-likeness (QED) is 0.0547. The first-order chi connectivity index (χ1) is 50.6. The number of thiazole rings is 5. The Morgan fingerprint density at radius 1 is 0.491 bits per heavy atom. The zero-order valence-corrected chi connectivity index (χ0v) is 67.2. The Hall–Kier alpha value is -5.81. The second kappa shape index (κ2) is 41.8. The minimum absolute atomic E-state index is 0.188. The highest BCUT2D eigenvalue weighted by molar-refractivity contribution is 7.79. The number of nitrogens with zero attached hydrogens (tertiary/aromatic N) is 14. The van der Waals surface area contributed by atoms with E-state index in [9.17, 15) is 10.1 Å². The van der Waals surface area contributed by atoms with E-state index in [4.69, 9.17) is 195 Å². The molecule has 4 fully saturated rings. The van der Waals surface area contributed by atoms with Crippen LogP contribution in [0.4, 0.5) is 20.5 Å². The number of primary amides is 1. The molecule has 45 heteroatoms. The van der Waals surface area contributed by atoms with Crippen molar-refractivity contribution in [3.63, 3.8) is 0 Å². The first kappa shape index (κ1) is 85.8. The van der Waals surface area contributed by atoms with E-state index in [0.29, 0.717) is 140 Å². The van der Waals surface area contributed by atoms with Crippen molar-refractivity contribution >= 4 is 234 Å². The summed E-state index contributed by atoms with van der Waals surface area (Å²) < 4.78 is 53.2. The fourth-order valence-electron chi connectivity index (χ4n) is 9.21. The Balaban J connectivity index is 0.000000163. The number of benzene rings is 4. The van der Waals surface area contributed by atoms with Crippen LogP contribution in [0.2, 0.25) is 55.0 Å². The summed E-state index contributed by atoms with van der Waals surface area (Å²) in [5.41, 5.74) is 9.85. The Morgan fingerprint density at radius 3 is 1.22 bits per heavy atom. The van der Waals surface area contributed by atoms with Crippen LogP contribution in [0, 0.1) is 34.0 Å². The average molecular weight is 1780 g/mol. The third-order valence-corrected chi connectivity index (χ3v) is 22.4. The van der Waals surface area contributed by atoms with Gasteiger partial charge in [0.15, 0.2) is 41.1 Å². The number of nitrogens with one attached hydrogen (secondary N) is 1. The molecule has 4 aliphatic heterocycles. The summed E-state index contributed by atoms with van der Waals surface area (Å²) in [7, 11) is -6.21. The molecular weight excluding hydrogens is 1730 g/mol. The third-order valence-electron chi connectivity index (χ3n) is 14.1. The third kappa shape index (κ3) is 25.4. The highest BCUT2D eigenvalue weighted by Crippen LogP contribution is 2.43. The van der Waals surface area contributed by atoms with E-state index in [1.807, 2.05) is 18.2 Å². The maximum atomic E-state index is 11.7. The molecule has 27 nitrogen and oxygen atoms in total. The lowest BCUT2D eigenvalue weighted by Gasteiger charge is -2.26. The number of carbonyl (C=O) groups is 1. The second-order valence-corrected chi connectivity index (χ2v) is 31.5. The maximum absolute atomic E-state index is 11.7. The van der Waals surface area contributed by atoms with E-state index in [2.05, 4.69) is 60.8 Å². The Morgan fingerprint density at radius 2 is 0.849 bits per heavy atom. The van der Waals surface area contributed by atoms with Gasteiger partial charge in [0.05, 0.1) is 79.3 Å². The molecule has 0 bridgehead atoms. The van der Waals surface area contributed by atoms with Crippen LogP contribution in [0.5, 0.6) is 0 Å². The number of nitriles is 3. The molecule has 106 heavy (non-hydrogen) atoms. The van der Waals surface area contributed by atoms with Crippen LogP contribution >= 0.6 is 184 Å². The fraction of sp³-hybridized carbons (Fsp3) is 0.262. The molecule has 10 heterocycles. The van der Waals surface area contributed by atoms with Crippen LogP contribution in [0.3, 0.4) is 0 Å².